The number of nitrogens with one attached hydrogen (secondary N) is 1. The molecule has 4 rings (SSSR count). The van der Waals surface area contributed by atoms with E-state index in [0.29, 0.717) is 34.3 Å². The van der Waals surface area contributed by atoms with Crippen LogP contribution in [0.3, 0.4) is 0 Å². The van der Waals surface area contributed by atoms with Crippen LogP contribution >= 0.6 is 0 Å². The highest BCUT2D eigenvalue weighted by Gasteiger charge is 2.33. The molecular formula is C17H15NO6. The zero-order chi connectivity index (χ0) is 16.8. The maximum Gasteiger partial charge on any atom is 0.312 e. The van der Waals surface area contributed by atoms with Crippen LogP contribution in [0.15, 0.2) is 23.0 Å². The van der Waals surface area contributed by atoms with E-state index in [1.54, 1.807) is 25.1 Å². The van der Waals surface area contributed by atoms with Gasteiger partial charge in [-0.25, -0.2) is 0 Å². The molecule has 2 aliphatic rings. The summed E-state index contributed by atoms with van der Waals surface area (Å²) < 4.78 is 21.4. The van der Waals surface area contributed by atoms with Crippen molar-refractivity contribution in [1.82, 2.24) is 4.98 Å². The molecule has 7 heteroatoms. The molecule has 3 heterocycles. The van der Waals surface area contributed by atoms with Gasteiger partial charge in [-0.15, -0.1) is 0 Å². The molecule has 0 fully saturated rings. The lowest BCUT2D eigenvalue weighted by Crippen LogP contribution is -2.28. The van der Waals surface area contributed by atoms with Crippen molar-refractivity contribution < 1.29 is 23.7 Å². The summed E-state index contributed by atoms with van der Waals surface area (Å²) in [5, 5.41) is 0. The first-order valence-electron chi connectivity index (χ1n) is 7.49. The number of carbonyl (C=O) groups is 1. The fraction of sp³-hybridized carbons (Fsp3) is 0.294. The number of ether oxygens (including phenoxy) is 4. The first kappa shape index (κ1) is 14.6. The fourth-order valence-electron chi connectivity index (χ4n) is 3.15. The van der Waals surface area contributed by atoms with Crippen LogP contribution in [0.1, 0.15) is 29.2 Å². The van der Waals surface area contributed by atoms with E-state index in [1.807, 2.05) is 0 Å². The number of benzene rings is 1. The Labute approximate surface area is 137 Å². The molecular weight excluding hydrogens is 314 g/mol. The minimum atomic E-state index is -0.436. The van der Waals surface area contributed by atoms with Gasteiger partial charge < -0.3 is 23.9 Å². The number of carbonyl (C=O) groups excluding carboxylic acids is 1. The minimum Gasteiger partial charge on any atom is -0.493 e. The predicted octanol–water partition coefficient (Wildman–Crippen LogP) is 1.86. The topological polar surface area (TPSA) is 86.9 Å². The van der Waals surface area contributed by atoms with Crippen molar-refractivity contribution >= 4 is 5.97 Å². The summed E-state index contributed by atoms with van der Waals surface area (Å²) in [6, 6.07) is 5.20. The molecule has 124 valence electrons. The van der Waals surface area contributed by atoms with E-state index < -0.39 is 5.92 Å². The molecule has 0 saturated carbocycles. The molecule has 0 radical (unpaired) electrons. The molecule has 1 aromatic heterocycles. The largest absolute Gasteiger partial charge is 0.493 e. The van der Waals surface area contributed by atoms with E-state index in [1.165, 1.54) is 7.11 Å². The number of aromatic amines is 1. The van der Waals surface area contributed by atoms with Gasteiger partial charge in [-0.2, -0.15) is 0 Å². The van der Waals surface area contributed by atoms with E-state index in [0.717, 1.165) is 5.56 Å². The average molecular weight is 329 g/mol. The summed E-state index contributed by atoms with van der Waals surface area (Å²) in [6.45, 7) is 1.85. The number of methoxy groups -OCH3 is 1. The molecule has 1 N–H and O–H groups in total. The number of rotatable bonds is 2. The SMILES string of the molecule is COc1cc([C@@H]2CC(=O)Oc3cc(C)[nH]c(=O)c32)cc2c1OCO2. The number of aromatic nitrogens is 1. The Morgan fingerprint density at radius 3 is 2.79 bits per heavy atom. The van der Waals surface area contributed by atoms with Gasteiger partial charge in [-0.3, -0.25) is 9.59 Å². The normalized spacial score (nSPS) is 18.1. The summed E-state index contributed by atoms with van der Waals surface area (Å²) in [5.41, 5.74) is 1.54. The second-order valence-electron chi connectivity index (χ2n) is 5.75. The maximum atomic E-state index is 12.4. The molecule has 0 spiro atoms. The van der Waals surface area contributed by atoms with Crippen LogP contribution in [-0.2, 0) is 4.79 Å². The van der Waals surface area contributed by atoms with Crippen LogP contribution in [0.2, 0.25) is 0 Å². The van der Waals surface area contributed by atoms with Gasteiger partial charge in [0.2, 0.25) is 12.5 Å². The number of pyridine rings is 1. The smallest absolute Gasteiger partial charge is 0.312 e. The number of fused-ring (bicyclic) bond motifs is 2. The first-order valence-corrected chi connectivity index (χ1v) is 7.49. The van der Waals surface area contributed by atoms with Crippen molar-refractivity contribution in [3.63, 3.8) is 0 Å². The standard InChI is InChI=1S/C17H15NO6/c1-8-3-11-15(17(20)18-8)10(6-14(19)24-11)9-4-12(21-2)16-13(5-9)22-7-23-16/h3-5,10H,6-7H2,1-2H3,(H,18,20)/t10-/m0/s1. The van der Waals surface area contributed by atoms with Crippen LogP contribution in [-0.4, -0.2) is 24.9 Å². The molecule has 1 aromatic carbocycles. The van der Waals surface area contributed by atoms with Crippen molar-refractivity contribution in [2.75, 3.05) is 13.9 Å². The number of H-pyrrole nitrogens is 1. The van der Waals surface area contributed by atoms with E-state index in [4.69, 9.17) is 18.9 Å². The van der Waals surface area contributed by atoms with Crippen LogP contribution in [0.4, 0.5) is 0 Å². The first-order chi connectivity index (χ1) is 11.6. The molecule has 24 heavy (non-hydrogen) atoms. The molecule has 0 aliphatic carbocycles. The van der Waals surface area contributed by atoms with Crippen LogP contribution in [0, 0.1) is 6.92 Å². The molecule has 0 bridgehead atoms. The third-order valence-corrected chi connectivity index (χ3v) is 4.19. The van der Waals surface area contributed by atoms with Gasteiger partial charge in [-0.05, 0) is 24.6 Å². The van der Waals surface area contributed by atoms with Gasteiger partial charge in [0, 0.05) is 17.7 Å². The molecule has 2 aliphatic heterocycles. The van der Waals surface area contributed by atoms with Gasteiger partial charge in [0.25, 0.3) is 5.56 Å². The quantitative estimate of drug-likeness (QED) is 0.846. The third-order valence-electron chi connectivity index (χ3n) is 4.19. The van der Waals surface area contributed by atoms with Crippen LogP contribution < -0.4 is 24.5 Å². The third kappa shape index (κ3) is 2.20. The lowest BCUT2D eigenvalue weighted by Gasteiger charge is -2.24. The van der Waals surface area contributed by atoms with Gasteiger partial charge in [0.1, 0.15) is 5.75 Å². The van der Waals surface area contributed by atoms with Crippen LogP contribution in [0.5, 0.6) is 23.0 Å². The lowest BCUT2D eigenvalue weighted by atomic mass is 9.86. The minimum absolute atomic E-state index is 0.0714. The van der Waals surface area contributed by atoms with Crippen molar-refractivity contribution in [2.45, 2.75) is 19.3 Å². The Morgan fingerprint density at radius 1 is 1.17 bits per heavy atom. The highest BCUT2D eigenvalue weighted by Crippen LogP contribution is 2.46. The molecule has 0 unspecified atom stereocenters. The highest BCUT2D eigenvalue weighted by atomic mass is 16.7. The average Bonchev–Trinajstić information content (AvgIpc) is 3.00. The Hall–Kier alpha value is -2.96. The van der Waals surface area contributed by atoms with Crippen molar-refractivity contribution in [2.24, 2.45) is 0 Å². The fourth-order valence-corrected chi connectivity index (χ4v) is 3.15. The Morgan fingerprint density at radius 2 is 2.00 bits per heavy atom. The van der Waals surface area contributed by atoms with Crippen LogP contribution in [0.25, 0.3) is 0 Å². The van der Waals surface area contributed by atoms with Gasteiger partial charge in [-0.1, -0.05) is 0 Å². The summed E-state index contributed by atoms with van der Waals surface area (Å²) in [4.78, 5) is 27.2. The lowest BCUT2D eigenvalue weighted by molar-refractivity contribution is -0.135. The second kappa shape index (κ2) is 5.30. The molecule has 0 saturated heterocycles. The predicted molar refractivity (Wildman–Crippen MR) is 83.0 cm³/mol. The Kier molecular flexibility index (Phi) is 3.23. The summed E-state index contributed by atoms with van der Waals surface area (Å²) in [7, 11) is 1.53. The Balaban J connectivity index is 1.90. The number of aryl methyl sites for hydroxylation is 1. The summed E-state index contributed by atoms with van der Waals surface area (Å²) in [5.74, 6) is 1.05. The summed E-state index contributed by atoms with van der Waals surface area (Å²) >= 11 is 0. The summed E-state index contributed by atoms with van der Waals surface area (Å²) in [6.07, 6.45) is 0.0714. The number of esters is 1. The Bertz CT molecular complexity index is 901. The van der Waals surface area contributed by atoms with Gasteiger partial charge in [0.05, 0.1) is 19.1 Å². The maximum absolute atomic E-state index is 12.4. The highest BCUT2D eigenvalue weighted by molar-refractivity contribution is 5.78. The van der Waals surface area contributed by atoms with Gasteiger partial charge >= 0.3 is 5.97 Å². The van der Waals surface area contributed by atoms with E-state index in [9.17, 15) is 9.59 Å². The monoisotopic (exact) mass is 329 g/mol. The van der Waals surface area contributed by atoms with Crippen molar-refractivity contribution in [3.8, 4) is 23.0 Å². The van der Waals surface area contributed by atoms with E-state index in [-0.39, 0.29) is 24.7 Å². The zero-order valence-electron chi connectivity index (χ0n) is 13.2. The molecule has 0 amide bonds. The van der Waals surface area contributed by atoms with Crippen molar-refractivity contribution in [1.29, 1.82) is 0 Å². The van der Waals surface area contributed by atoms with E-state index in [2.05, 4.69) is 4.98 Å². The number of hydrogen-bond acceptors (Lipinski definition) is 6. The molecule has 2 aromatic rings. The molecule has 7 nitrogen and oxygen atoms in total. The van der Waals surface area contributed by atoms with Crippen molar-refractivity contribution in [3.05, 3.63) is 45.4 Å². The number of hydrogen-bond donors (Lipinski definition) is 1. The van der Waals surface area contributed by atoms with Gasteiger partial charge in [0.15, 0.2) is 11.5 Å². The van der Waals surface area contributed by atoms with E-state index >= 15 is 0 Å². The second-order valence-corrected chi connectivity index (χ2v) is 5.75. The molecule has 1 atom stereocenters. The zero-order valence-corrected chi connectivity index (χ0v) is 13.2.